The van der Waals surface area contributed by atoms with Crippen LogP contribution in [-0.2, 0) is 0 Å². The highest BCUT2D eigenvalue weighted by atomic mass is 28.3. The maximum absolute atomic E-state index is 2.88. The number of para-hydroxylation sites is 1. The van der Waals surface area contributed by atoms with E-state index in [0.717, 1.165) is 11.4 Å². The van der Waals surface area contributed by atoms with Crippen molar-refractivity contribution in [2.24, 2.45) is 0 Å². The highest BCUT2D eigenvalue weighted by molar-refractivity contribution is 7.20. The van der Waals surface area contributed by atoms with E-state index in [9.17, 15) is 0 Å². The molecule has 12 aromatic rings. The smallest absolute Gasteiger partial charge is 0.180 e. The summed E-state index contributed by atoms with van der Waals surface area (Å²) in [5.74, 6) is 0. The van der Waals surface area contributed by atoms with E-state index >= 15 is 0 Å². The van der Waals surface area contributed by atoms with E-state index in [-0.39, 0.29) is 0 Å². The average molecular weight is 819 g/mol. The molecule has 0 aliphatic heterocycles. The van der Waals surface area contributed by atoms with Gasteiger partial charge in [0.1, 0.15) is 0 Å². The fourth-order valence-electron chi connectivity index (χ4n) is 10.4. The second-order valence-corrected chi connectivity index (χ2v) is 20.2. The summed E-state index contributed by atoms with van der Waals surface area (Å²) in [4.78, 5) is 0. The molecule has 63 heavy (non-hydrogen) atoms. The fourth-order valence-corrected chi connectivity index (χ4v) is 15.4. The quantitative estimate of drug-likeness (QED) is 0.107. The lowest BCUT2D eigenvalue weighted by Gasteiger charge is -2.35. The van der Waals surface area contributed by atoms with Gasteiger partial charge in [-0.15, -0.1) is 0 Å². The monoisotopic (exact) mass is 818 g/mol. The zero-order chi connectivity index (χ0) is 41.7. The molecule has 0 saturated heterocycles. The van der Waals surface area contributed by atoms with Gasteiger partial charge in [-0.2, -0.15) is 0 Å². The Morgan fingerprint density at radius 3 is 1.38 bits per heavy atom. The number of benzene rings is 10. The Balaban J connectivity index is 1.17. The van der Waals surface area contributed by atoms with Crippen molar-refractivity contribution in [1.29, 1.82) is 0 Å². The lowest BCUT2D eigenvalue weighted by atomic mass is 9.99. The third-order valence-corrected chi connectivity index (χ3v) is 17.9. The van der Waals surface area contributed by atoms with Crippen molar-refractivity contribution in [1.82, 2.24) is 9.13 Å². The summed E-state index contributed by atoms with van der Waals surface area (Å²) < 4.78 is 4.98. The van der Waals surface area contributed by atoms with Gasteiger partial charge in [0, 0.05) is 32.9 Å². The lowest BCUT2D eigenvalue weighted by molar-refractivity contribution is 1.15. The van der Waals surface area contributed by atoms with Gasteiger partial charge >= 0.3 is 0 Å². The summed E-state index contributed by atoms with van der Waals surface area (Å²) in [6.07, 6.45) is 0. The van der Waals surface area contributed by atoms with Gasteiger partial charge in [0.25, 0.3) is 0 Å². The summed E-state index contributed by atoms with van der Waals surface area (Å²) in [6, 6.07) is 94.2. The van der Waals surface area contributed by atoms with Gasteiger partial charge in [0.15, 0.2) is 8.07 Å². The Morgan fingerprint density at radius 1 is 0.270 bits per heavy atom. The molecule has 296 valence electrons. The van der Waals surface area contributed by atoms with Crippen LogP contribution in [0.1, 0.15) is 0 Å². The SMILES string of the molecule is c1ccc(-c2cccc(-n3c4cc(-n5c6ccccc6c6c([Si](c7ccccc7)(c7ccccc7)c7ccccc7)cccc65)ccc4c4c(-c5ccccc5)cccc43)c2)cc1. The molecule has 2 heterocycles. The first-order valence-corrected chi connectivity index (χ1v) is 23.8. The molecule has 2 aromatic heterocycles. The zero-order valence-corrected chi connectivity index (χ0v) is 35.6. The van der Waals surface area contributed by atoms with E-state index in [1.54, 1.807) is 0 Å². The zero-order valence-electron chi connectivity index (χ0n) is 34.6. The maximum atomic E-state index is 2.51. The third-order valence-electron chi connectivity index (χ3n) is 13.1. The molecular formula is C60H42N2Si. The number of nitrogens with zero attached hydrogens (tertiary/aromatic N) is 2. The molecule has 3 heteroatoms. The first-order valence-electron chi connectivity index (χ1n) is 21.8. The summed E-state index contributed by atoms with van der Waals surface area (Å²) in [6.45, 7) is 0. The minimum absolute atomic E-state index is 1.13. The molecule has 0 N–H and O–H groups in total. The number of aromatic nitrogens is 2. The minimum Gasteiger partial charge on any atom is -0.309 e. The summed E-state index contributed by atoms with van der Waals surface area (Å²) in [5.41, 5.74) is 11.8. The normalized spacial score (nSPS) is 11.8. The summed E-state index contributed by atoms with van der Waals surface area (Å²) >= 11 is 0. The molecule has 0 spiro atoms. The maximum Gasteiger partial charge on any atom is 0.180 e. The van der Waals surface area contributed by atoms with Crippen LogP contribution in [0, 0.1) is 0 Å². The van der Waals surface area contributed by atoms with E-state index in [2.05, 4.69) is 264 Å². The Hall–Kier alpha value is -7.98. The number of hydrogen-bond donors (Lipinski definition) is 0. The summed E-state index contributed by atoms with van der Waals surface area (Å²) in [5, 5.41) is 10.5. The van der Waals surface area contributed by atoms with E-state index in [0.29, 0.717) is 0 Å². The highest BCUT2D eigenvalue weighted by Crippen LogP contribution is 2.41. The van der Waals surface area contributed by atoms with Crippen molar-refractivity contribution >= 4 is 72.4 Å². The minimum atomic E-state index is -2.88. The molecule has 0 saturated carbocycles. The first kappa shape index (κ1) is 36.8. The van der Waals surface area contributed by atoms with Gasteiger partial charge in [-0.25, -0.2) is 0 Å². The molecule has 0 aliphatic carbocycles. The largest absolute Gasteiger partial charge is 0.309 e. The standard InChI is InChI=1S/C60H42N2Si/c1-6-21-43(22-7-1)45-25-18-26-46(41-45)62-55-36-19-34-51(44-23-8-2-9-24-44)59(55)53-40-39-47(42-57(53)62)61-54-35-17-16-33-52(54)60-56(61)37-20-38-58(60)63(48-27-10-3-11-28-48,49-29-12-4-13-30-49)50-31-14-5-15-32-50/h1-42H. The Labute approximate surface area is 368 Å². The van der Waals surface area contributed by atoms with Crippen LogP contribution in [-0.4, -0.2) is 17.2 Å². The van der Waals surface area contributed by atoms with E-state index < -0.39 is 8.07 Å². The van der Waals surface area contributed by atoms with Crippen molar-refractivity contribution in [3.8, 4) is 33.6 Å². The predicted octanol–water partition coefficient (Wildman–Crippen LogP) is 12.6. The molecule has 0 radical (unpaired) electrons. The third kappa shape index (κ3) is 5.85. The van der Waals surface area contributed by atoms with Gasteiger partial charge in [-0.1, -0.05) is 212 Å². The van der Waals surface area contributed by atoms with Crippen LogP contribution in [0.5, 0.6) is 0 Å². The highest BCUT2D eigenvalue weighted by Gasteiger charge is 2.43. The molecule has 10 aromatic carbocycles. The van der Waals surface area contributed by atoms with E-state index in [1.807, 2.05) is 0 Å². The van der Waals surface area contributed by atoms with Crippen LogP contribution in [0.4, 0.5) is 0 Å². The van der Waals surface area contributed by atoms with Crippen LogP contribution in [0.15, 0.2) is 255 Å². The number of rotatable bonds is 8. The van der Waals surface area contributed by atoms with Crippen molar-refractivity contribution in [3.05, 3.63) is 255 Å². The van der Waals surface area contributed by atoms with E-state index in [4.69, 9.17) is 0 Å². The van der Waals surface area contributed by atoms with Crippen molar-refractivity contribution in [3.63, 3.8) is 0 Å². The van der Waals surface area contributed by atoms with Gasteiger partial charge in [-0.3, -0.25) is 0 Å². The fraction of sp³-hybridized carbons (Fsp3) is 0. The van der Waals surface area contributed by atoms with Gasteiger partial charge < -0.3 is 9.13 Å². The van der Waals surface area contributed by atoms with Crippen LogP contribution >= 0.6 is 0 Å². The molecule has 2 nitrogen and oxygen atoms in total. The van der Waals surface area contributed by atoms with E-state index in [1.165, 1.54) is 86.6 Å². The Kier molecular flexibility index (Phi) is 8.87. The average Bonchev–Trinajstić information content (AvgIpc) is 3.89. The molecule has 12 rings (SSSR count). The topological polar surface area (TPSA) is 9.86 Å². The molecule has 0 fully saturated rings. The lowest BCUT2D eigenvalue weighted by Crippen LogP contribution is -2.74. The number of hydrogen-bond acceptors (Lipinski definition) is 0. The Bertz CT molecular complexity index is 3500. The van der Waals surface area contributed by atoms with Gasteiger partial charge in [-0.05, 0) is 85.5 Å². The molecule has 0 aliphatic rings. The van der Waals surface area contributed by atoms with Crippen molar-refractivity contribution < 1.29 is 0 Å². The summed E-state index contributed by atoms with van der Waals surface area (Å²) in [7, 11) is -2.88. The second-order valence-electron chi connectivity index (χ2n) is 16.4. The molecular weight excluding hydrogens is 777 g/mol. The molecule has 0 atom stereocenters. The molecule has 0 bridgehead atoms. The molecule has 0 amide bonds. The van der Waals surface area contributed by atoms with Crippen LogP contribution in [0.2, 0.25) is 0 Å². The van der Waals surface area contributed by atoms with Gasteiger partial charge in [0.2, 0.25) is 0 Å². The van der Waals surface area contributed by atoms with Crippen molar-refractivity contribution in [2.75, 3.05) is 0 Å². The van der Waals surface area contributed by atoms with Crippen LogP contribution in [0.25, 0.3) is 77.2 Å². The van der Waals surface area contributed by atoms with Crippen LogP contribution < -0.4 is 20.7 Å². The second kappa shape index (κ2) is 15.2. The Morgan fingerprint density at radius 2 is 0.730 bits per heavy atom. The van der Waals surface area contributed by atoms with Crippen molar-refractivity contribution in [2.45, 2.75) is 0 Å². The first-order chi connectivity index (χ1) is 31.3. The molecule has 0 unspecified atom stereocenters. The van der Waals surface area contributed by atoms with Crippen LogP contribution in [0.3, 0.4) is 0 Å². The van der Waals surface area contributed by atoms with Gasteiger partial charge in [0.05, 0.1) is 22.1 Å². The number of fused-ring (bicyclic) bond motifs is 6. The predicted molar refractivity (Wildman–Crippen MR) is 270 cm³/mol.